The van der Waals surface area contributed by atoms with Crippen molar-refractivity contribution in [2.75, 3.05) is 6.54 Å². The van der Waals surface area contributed by atoms with Crippen LogP contribution in [0.5, 0.6) is 11.5 Å². The summed E-state index contributed by atoms with van der Waals surface area (Å²) < 4.78 is 42.3. The number of hydrogen-bond donors (Lipinski definition) is 2. The molecule has 0 saturated carbocycles. The highest BCUT2D eigenvalue weighted by Crippen LogP contribution is 2.35. The molecule has 1 heterocycles. The van der Waals surface area contributed by atoms with E-state index in [1.54, 1.807) is 6.07 Å². The van der Waals surface area contributed by atoms with Gasteiger partial charge in [-0.3, -0.25) is 0 Å². The van der Waals surface area contributed by atoms with Gasteiger partial charge >= 0.3 is 0 Å². The van der Waals surface area contributed by atoms with Gasteiger partial charge in [0.25, 0.3) is 0 Å². The number of halogens is 2. The van der Waals surface area contributed by atoms with E-state index in [0.717, 1.165) is 42.8 Å². The average molecular weight is 357 g/mol. The first-order chi connectivity index (χ1) is 10.9. The van der Waals surface area contributed by atoms with Gasteiger partial charge in [-0.2, -0.15) is 0 Å². The molecule has 0 unspecified atom stereocenters. The highest BCUT2D eigenvalue weighted by molar-refractivity contribution is 7.89. The molecule has 0 fully saturated rings. The van der Waals surface area contributed by atoms with Crippen molar-refractivity contribution in [3.05, 3.63) is 52.3 Å². The lowest BCUT2D eigenvalue weighted by Crippen LogP contribution is -2.23. The van der Waals surface area contributed by atoms with Crippen LogP contribution in [0.4, 0.5) is 4.39 Å². The maximum absolute atomic E-state index is 14.0. The van der Waals surface area contributed by atoms with Gasteiger partial charge in [0.2, 0.25) is 10.0 Å². The monoisotopic (exact) mass is 356 g/mol. The van der Waals surface area contributed by atoms with E-state index in [1.165, 1.54) is 0 Å². The van der Waals surface area contributed by atoms with E-state index in [4.69, 9.17) is 21.5 Å². The SMILES string of the molecule is NS(=O)(=O)c1cc(Cl)c(Oc2cccc3c2CCNC3)cc1F. The van der Waals surface area contributed by atoms with Crippen LogP contribution in [0.1, 0.15) is 11.1 Å². The van der Waals surface area contributed by atoms with Gasteiger partial charge in [-0.25, -0.2) is 17.9 Å². The Morgan fingerprint density at radius 2 is 2.04 bits per heavy atom. The molecule has 0 aliphatic carbocycles. The lowest BCUT2D eigenvalue weighted by molar-refractivity contribution is 0.462. The van der Waals surface area contributed by atoms with Crippen LogP contribution in [0.15, 0.2) is 35.2 Å². The van der Waals surface area contributed by atoms with Crippen molar-refractivity contribution < 1.29 is 17.5 Å². The molecule has 122 valence electrons. The Hall–Kier alpha value is -1.67. The fraction of sp³-hybridized carbons (Fsp3) is 0.200. The summed E-state index contributed by atoms with van der Waals surface area (Å²) in [5, 5.41) is 8.17. The summed E-state index contributed by atoms with van der Waals surface area (Å²) >= 11 is 6.02. The largest absolute Gasteiger partial charge is 0.455 e. The van der Waals surface area contributed by atoms with Crippen molar-refractivity contribution in [2.45, 2.75) is 17.9 Å². The van der Waals surface area contributed by atoms with Crippen LogP contribution in [0.3, 0.4) is 0 Å². The van der Waals surface area contributed by atoms with Gasteiger partial charge in [-0.05, 0) is 30.7 Å². The number of fused-ring (bicyclic) bond motifs is 1. The third-order valence-electron chi connectivity index (χ3n) is 3.61. The first-order valence-electron chi connectivity index (χ1n) is 6.87. The Morgan fingerprint density at radius 3 is 2.78 bits per heavy atom. The zero-order valence-electron chi connectivity index (χ0n) is 12.0. The van der Waals surface area contributed by atoms with Crippen LogP contribution < -0.4 is 15.2 Å². The van der Waals surface area contributed by atoms with E-state index < -0.39 is 20.7 Å². The number of nitrogens with two attached hydrogens (primary N) is 1. The zero-order chi connectivity index (χ0) is 16.6. The van der Waals surface area contributed by atoms with Crippen LogP contribution in [0, 0.1) is 5.82 Å². The minimum Gasteiger partial charge on any atom is -0.455 e. The van der Waals surface area contributed by atoms with Crippen LogP contribution in [-0.2, 0) is 23.0 Å². The van der Waals surface area contributed by atoms with Crippen molar-refractivity contribution in [1.29, 1.82) is 0 Å². The van der Waals surface area contributed by atoms with Crippen LogP contribution in [0.25, 0.3) is 0 Å². The van der Waals surface area contributed by atoms with Crippen molar-refractivity contribution >= 4 is 21.6 Å². The lowest BCUT2D eigenvalue weighted by atomic mass is 10.0. The number of primary sulfonamides is 1. The molecule has 0 bridgehead atoms. The predicted molar refractivity (Wildman–Crippen MR) is 84.7 cm³/mol. The number of rotatable bonds is 3. The van der Waals surface area contributed by atoms with Crippen molar-refractivity contribution in [1.82, 2.24) is 5.32 Å². The Labute approximate surface area is 138 Å². The molecule has 5 nitrogen and oxygen atoms in total. The average Bonchev–Trinajstić information content (AvgIpc) is 2.50. The molecule has 8 heteroatoms. The van der Waals surface area contributed by atoms with Crippen molar-refractivity contribution in [3.8, 4) is 11.5 Å². The normalized spacial score (nSPS) is 14.4. The maximum Gasteiger partial charge on any atom is 0.241 e. The van der Waals surface area contributed by atoms with E-state index in [9.17, 15) is 12.8 Å². The first-order valence-corrected chi connectivity index (χ1v) is 8.80. The number of benzene rings is 2. The van der Waals surface area contributed by atoms with Crippen LogP contribution >= 0.6 is 11.6 Å². The second kappa shape index (κ2) is 6.09. The third-order valence-corrected chi connectivity index (χ3v) is 4.83. The summed E-state index contributed by atoms with van der Waals surface area (Å²) in [5.41, 5.74) is 2.13. The molecule has 0 amide bonds. The van der Waals surface area contributed by atoms with Gasteiger partial charge in [0.05, 0.1) is 5.02 Å². The molecule has 0 spiro atoms. The Morgan fingerprint density at radius 1 is 1.26 bits per heavy atom. The van der Waals surface area contributed by atoms with Gasteiger partial charge in [0, 0.05) is 18.2 Å². The molecule has 3 rings (SSSR count). The van der Waals surface area contributed by atoms with Gasteiger partial charge in [-0.15, -0.1) is 0 Å². The van der Waals surface area contributed by atoms with Crippen molar-refractivity contribution in [3.63, 3.8) is 0 Å². The Kier molecular flexibility index (Phi) is 4.29. The summed E-state index contributed by atoms with van der Waals surface area (Å²) in [6.07, 6.45) is 0.779. The summed E-state index contributed by atoms with van der Waals surface area (Å²) in [4.78, 5) is -0.658. The Bertz CT molecular complexity index is 871. The Balaban J connectivity index is 2.00. The molecule has 0 aromatic heterocycles. The van der Waals surface area contributed by atoms with Crippen LogP contribution in [0.2, 0.25) is 5.02 Å². The van der Waals surface area contributed by atoms with E-state index in [0.29, 0.717) is 5.75 Å². The molecule has 0 radical (unpaired) electrons. The van der Waals surface area contributed by atoms with E-state index in [1.807, 2.05) is 12.1 Å². The highest BCUT2D eigenvalue weighted by Gasteiger charge is 2.20. The number of ether oxygens (including phenoxy) is 1. The molecular weight excluding hydrogens is 343 g/mol. The molecule has 0 atom stereocenters. The van der Waals surface area contributed by atoms with E-state index in [2.05, 4.69) is 5.32 Å². The quantitative estimate of drug-likeness (QED) is 0.885. The maximum atomic E-state index is 14.0. The van der Waals surface area contributed by atoms with Crippen LogP contribution in [-0.4, -0.2) is 15.0 Å². The first kappa shape index (κ1) is 16.2. The zero-order valence-corrected chi connectivity index (χ0v) is 13.5. The molecule has 23 heavy (non-hydrogen) atoms. The van der Waals surface area contributed by atoms with Gasteiger partial charge in [0.1, 0.15) is 22.2 Å². The minimum absolute atomic E-state index is 0.0260. The molecule has 2 aromatic carbocycles. The molecule has 3 N–H and O–H groups in total. The van der Waals surface area contributed by atoms with Gasteiger partial charge in [-0.1, -0.05) is 23.7 Å². The number of nitrogens with one attached hydrogen (secondary N) is 1. The van der Waals surface area contributed by atoms with Gasteiger partial charge in [0.15, 0.2) is 0 Å². The molecule has 1 aliphatic heterocycles. The van der Waals surface area contributed by atoms with Gasteiger partial charge < -0.3 is 10.1 Å². The molecule has 2 aromatic rings. The van der Waals surface area contributed by atoms with E-state index >= 15 is 0 Å². The van der Waals surface area contributed by atoms with E-state index in [-0.39, 0.29) is 10.8 Å². The second-order valence-electron chi connectivity index (χ2n) is 5.18. The fourth-order valence-electron chi connectivity index (χ4n) is 2.52. The topological polar surface area (TPSA) is 81.4 Å². The standard InChI is InChI=1S/C15H14ClFN2O3S/c16-11-6-15(23(18,20)21)12(17)7-14(11)22-13-3-1-2-9-8-19-5-4-10(9)13/h1-3,6-7,19H,4-5,8H2,(H2,18,20,21). The predicted octanol–water partition coefficient (Wildman–Crippen LogP) is 2.56. The fourth-order valence-corrected chi connectivity index (χ4v) is 3.40. The summed E-state index contributed by atoms with van der Waals surface area (Å²) in [5.74, 6) is -0.379. The summed E-state index contributed by atoms with van der Waals surface area (Å²) in [6.45, 7) is 1.55. The lowest BCUT2D eigenvalue weighted by Gasteiger charge is -2.20. The third kappa shape index (κ3) is 3.32. The summed E-state index contributed by atoms with van der Waals surface area (Å²) in [7, 11) is -4.18. The number of hydrogen-bond acceptors (Lipinski definition) is 4. The summed E-state index contributed by atoms with van der Waals surface area (Å²) in [6, 6.07) is 7.48. The minimum atomic E-state index is -4.18. The smallest absolute Gasteiger partial charge is 0.241 e. The second-order valence-corrected chi connectivity index (χ2v) is 7.12. The van der Waals surface area contributed by atoms with Crippen molar-refractivity contribution in [2.24, 2.45) is 5.14 Å². The molecular formula is C15H14ClFN2O3S. The molecule has 1 aliphatic rings. The number of sulfonamides is 1. The highest BCUT2D eigenvalue weighted by atomic mass is 35.5. The molecule has 0 saturated heterocycles.